The van der Waals surface area contributed by atoms with E-state index in [1.807, 2.05) is 30.0 Å². The molecule has 2 rings (SSSR count). The molecule has 16 heavy (non-hydrogen) atoms. The van der Waals surface area contributed by atoms with Crippen LogP contribution in [0.4, 0.5) is 5.69 Å². The van der Waals surface area contributed by atoms with Gasteiger partial charge in [0.2, 0.25) is 5.91 Å². The van der Waals surface area contributed by atoms with Crippen LogP contribution >= 0.6 is 28.6 Å². The molecule has 0 aromatic heterocycles. The first-order valence-electron chi connectivity index (χ1n) is 5.28. The van der Waals surface area contributed by atoms with Gasteiger partial charge in [-0.2, -0.15) is 12.6 Å². The highest BCUT2D eigenvalue weighted by molar-refractivity contribution is 9.10. The van der Waals surface area contributed by atoms with Gasteiger partial charge in [-0.1, -0.05) is 15.9 Å². The van der Waals surface area contributed by atoms with Crippen LogP contribution < -0.4 is 4.90 Å². The minimum atomic E-state index is 0.205. The fourth-order valence-electron chi connectivity index (χ4n) is 2.03. The first kappa shape index (κ1) is 12.0. The molecular formula is C12H14BrNOS. The summed E-state index contributed by atoms with van der Waals surface area (Å²) >= 11 is 7.72. The molecule has 0 bridgehead atoms. The maximum atomic E-state index is 11.8. The molecule has 0 N–H and O–H groups in total. The van der Waals surface area contributed by atoms with Crippen LogP contribution in [-0.2, 0) is 4.79 Å². The highest BCUT2D eigenvalue weighted by Crippen LogP contribution is 2.28. The van der Waals surface area contributed by atoms with Crippen molar-refractivity contribution in [2.24, 2.45) is 5.92 Å². The Bertz CT molecular complexity index is 401. The average Bonchev–Trinajstić information content (AvgIpc) is 2.58. The summed E-state index contributed by atoms with van der Waals surface area (Å²) in [4.78, 5) is 13.7. The Kier molecular flexibility index (Phi) is 3.60. The van der Waals surface area contributed by atoms with E-state index in [1.165, 1.54) is 0 Å². The van der Waals surface area contributed by atoms with Crippen LogP contribution in [0.15, 0.2) is 22.7 Å². The molecule has 86 valence electrons. The minimum absolute atomic E-state index is 0.205. The average molecular weight is 300 g/mol. The van der Waals surface area contributed by atoms with Gasteiger partial charge in [-0.15, -0.1) is 0 Å². The molecule has 1 saturated heterocycles. The molecule has 0 radical (unpaired) electrons. The maximum absolute atomic E-state index is 11.8. The van der Waals surface area contributed by atoms with Gasteiger partial charge in [0.1, 0.15) is 0 Å². The van der Waals surface area contributed by atoms with Crippen molar-refractivity contribution in [1.29, 1.82) is 0 Å². The molecule has 0 aliphatic carbocycles. The molecule has 2 nitrogen and oxygen atoms in total. The van der Waals surface area contributed by atoms with Gasteiger partial charge < -0.3 is 4.90 Å². The number of aryl methyl sites for hydroxylation is 1. The standard InChI is InChI=1S/C12H14BrNOS/c1-8-2-10(13)5-11(3-8)14-6-9(7-16)4-12(14)15/h2-3,5,9,16H,4,6-7H2,1H3. The lowest BCUT2D eigenvalue weighted by Crippen LogP contribution is -2.24. The lowest BCUT2D eigenvalue weighted by atomic mass is 10.1. The molecule has 1 aromatic carbocycles. The van der Waals surface area contributed by atoms with Crippen LogP contribution in [-0.4, -0.2) is 18.2 Å². The van der Waals surface area contributed by atoms with E-state index in [9.17, 15) is 4.79 Å². The second-order valence-electron chi connectivity index (χ2n) is 4.24. The Morgan fingerprint density at radius 1 is 1.50 bits per heavy atom. The van der Waals surface area contributed by atoms with Crippen molar-refractivity contribution in [2.75, 3.05) is 17.2 Å². The zero-order valence-electron chi connectivity index (χ0n) is 9.11. The predicted octanol–water partition coefficient (Wildman–Crippen LogP) is 3.04. The zero-order chi connectivity index (χ0) is 11.7. The molecule has 4 heteroatoms. The Morgan fingerprint density at radius 3 is 2.81 bits per heavy atom. The van der Waals surface area contributed by atoms with E-state index in [0.29, 0.717) is 12.3 Å². The molecule has 0 saturated carbocycles. The largest absolute Gasteiger partial charge is 0.312 e. The van der Waals surface area contributed by atoms with Gasteiger partial charge in [0.25, 0.3) is 0 Å². The number of nitrogens with zero attached hydrogens (tertiary/aromatic N) is 1. The summed E-state index contributed by atoms with van der Waals surface area (Å²) in [5, 5.41) is 0. The van der Waals surface area contributed by atoms with Crippen molar-refractivity contribution in [2.45, 2.75) is 13.3 Å². The SMILES string of the molecule is Cc1cc(Br)cc(N2CC(CS)CC2=O)c1. The lowest BCUT2D eigenvalue weighted by Gasteiger charge is -2.17. The molecule has 1 unspecified atom stereocenters. The first-order chi connectivity index (χ1) is 7.60. The zero-order valence-corrected chi connectivity index (χ0v) is 11.6. The summed E-state index contributed by atoms with van der Waals surface area (Å²) in [6, 6.07) is 6.08. The van der Waals surface area contributed by atoms with Gasteiger partial charge in [0.15, 0.2) is 0 Å². The first-order valence-corrected chi connectivity index (χ1v) is 6.71. The lowest BCUT2D eigenvalue weighted by molar-refractivity contribution is -0.117. The second-order valence-corrected chi connectivity index (χ2v) is 5.52. The normalized spacial score (nSPS) is 20.6. The molecule has 1 aliphatic rings. The summed E-state index contributed by atoms with van der Waals surface area (Å²) in [5.41, 5.74) is 2.15. The molecule has 1 heterocycles. The molecule has 1 aromatic rings. The monoisotopic (exact) mass is 299 g/mol. The third kappa shape index (κ3) is 2.43. The van der Waals surface area contributed by atoms with Crippen molar-refractivity contribution in [3.05, 3.63) is 28.2 Å². The third-order valence-electron chi connectivity index (χ3n) is 2.80. The topological polar surface area (TPSA) is 20.3 Å². The van der Waals surface area contributed by atoms with Gasteiger partial charge in [-0.05, 0) is 42.4 Å². The minimum Gasteiger partial charge on any atom is -0.312 e. The number of hydrogen-bond donors (Lipinski definition) is 1. The highest BCUT2D eigenvalue weighted by Gasteiger charge is 2.29. The Labute approximate surface area is 110 Å². The number of anilines is 1. The molecule has 1 atom stereocenters. The van der Waals surface area contributed by atoms with Gasteiger partial charge in [0.05, 0.1) is 0 Å². The van der Waals surface area contributed by atoms with Crippen LogP contribution in [0.25, 0.3) is 0 Å². The van der Waals surface area contributed by atoms with Crippen LogP contribution in [0.2, 0.25) is 0 Å². The smallest absolute Gasteiger partial charge is 0.227 e. The summed E-state index contributed by atoms with van der Waals surface area (Å²) in [5.74, 6) is 1.36. The summed E-state index contributed by atoms with van der Waals surface area (Å²) in [6.45, 7) is 2.82. The van der Waals surface area contributed by atoms with E-state index in [2.05, 4.69) is 28.6 Å². The fraction of sp³-hybridized carbons (Fsp3) is 0.417. The van der Waals surface area contributed by atoms with E-state index in [4.69, 9.17) is 0 Å². The molecule has 1 aliphatic heterocycles. The Balaban J connectivity index is 2.27. The quantitative estimate of drug-likeness (QED) is 0.832. The second kappa shape index (κ2) is 4.80. The number of carbonyl (C=O) groups excluding carboxylic acids is 1. The van der Waals surface area contributed by atoms with Crippen molar-refractivity contribution in [1.82, 2.24) is 0 Å². The molecular weight excluding hydrogens is 286 g/mol. The molecule has 1 fully saturated rings. The molecule has 0 spiro atoms. The number of halogens is 1. The van der Waals surface area contributed by atoms with E-state index in [0.717, 1.165) is 28.0 Å². The van der Waals surface area contributed by atoms with Crippen LogP contribution in [0, 0.1) is 12.8 Å². The number of thiol groups is 1. The van der Waals surface area contributed by atoms with Crippen LogP contribution in [0.5, 0.6) is 0 Å². The van der Waals surface area contributed by atoms with Crippen molar-refractivity contribution < 1.29 is 4.79 Å². The van der Waals surface area contributed by atoms with E-state index >= 15 is 0 Å². The van der Waals surface area contributed by atoms with E-state index < -0.39 is 0 Å². The Hall–Kier alpha value is -0.480. The number of carbonyl (C=O) groups is 1. The molecule has 1 amide bonds. The summed E-state index contributed by atoms with van der Waals surface area (Å²) < 4.78 is 1.02. The fourth-order valence-corrected chi connectivity index (χ4v) is 2.87. The van der Waals surface area contributed by atoms with E-state index in [-0.39, 0.29) is 5.91 Å². The van der Waals surface area contributed by atoms with Gasteiger partial charge in [0, 0.05) is 23.1 Å². The number of hydrogen-bond acceptors (Lipinski definition) is 2. The predicted molar refractivity (Wildman–Crippen MR) is 73.2 cm³/mol. The van der Waals surface area contributed by atoms with Crippen molar-refractivity contribution >= 4 is 40.2 Å². The summed E-state index contributed by atoms with van der Waals surface area (Å²) in [6.07, 6.45) is 0.620. The number of benzene rings is 1. The van der Waals surface area contributed by atoms with Gasteiger partial charge in [-0.25, -0.2) is 0 Å². The van der Waals surface area contributed by atoms with Gasteiger partial charge in [-0.3, -0.25) is 4.79 Å². The summed E-state index contributed by atoms with van der Waals surface area (Å²) in [7, 11) is 0. The van der Waals surface area contributed by atoms with E-state index in [1.54, 1.807) is 0 Å². The van der Waals surface area contributed by atoms with Crippen LogP contribution in [0.3, 0.4) is 0 Å². The Morgan fingerprint density at radius 2 is 2.25 bits per heavy atom. The number of amides is 1. The highest BCUT2D eigenvalue weighted by atomic mass is 79.9. The van der Waals surface area contributed by atoms with Crippen LogP contribution in [0.1, 0.15) is 12.0 Å². The number of rotatable bonds is 2. The van der Waals surface area contributed by atoms with Crippen molar-refractivity contribution in [3.63, 3.8) is 0 Å². The maximum Gasteiger partial charge on any atom is 0.227 e. The van der Waals surface area contributed by atoms with Crippen molar-refractivity contribution in [3.8, 4) is 0 Å². The van der Waals surface area contributed by atoms with Gasteiger partial charge >= 0.3 is 0 Å². The third-order valence-corrected chi connectivity index (χ3v) is 3.78.